The summed E-state index contributed by atoms with van der Waals surface area (Å²) in [6.07, 6.45) is 0. The Morgan fingerprint density at radius 1 is 1.50 bits per heavy atom. The van der Waals surface area contributed by atoms with E-state index < -0.39 is 5.97 Å². The fourth-order valence-electron chi connectivity index (χ4n) is 0.951. The minimum atomic E-state index is -1.05. The Hall–Kier alpha value is -1.17. The summed E-state index contributed by atoms with van der Waals surface area (Å²) < 4.78 is 0. The molecule has 1 rings (SSSR count). The van der Waals surface area contributed by atoms with Crippen LogP contribution in [0.1, 0.15) is 15.9 Å². The van der Waals surface area contributed by atoms with Crippen LogP contribution in [0.3, 0.4) is 0 Å². The van der Waals surface area contributed by atoms with Crippen molar-refractivity contribution in [2.24, 2.45) is 0 Å². The summed E-state index contributed by atoms with van der Waals surface area (Å²) in [6.45, 7) is 0. The molecule has 0 heterocycles. The zero-order valence-electron chi connectivity index (χ0n) is 7.05. The summed E-state index contributed by atoms with van der Waals surface area (Å²) in [6, 6.07) is 4.61. The highest BCUT2D eigenvalue weighted by Gasteiger charge is 2.10. The number of carbonyl (C=O) groups is 1. The number of halogens is 2. The lowest BCUT2D eigenvalue weighted by molar-refractivity contribution is 0.0696. The third-order valence-electron chi connectivity index (χ3n) is 1.52. The van der Waals surface area contributed by atoms with E-state index in [0.29, 0.717) is 10.6 Å². The Kier molecular flexibility index (Phi) is 3.82. The number of carboxylic acids is 1. The molecular formula is C10H6Cl2O2. The fourth-order valence-corrected chi connectivity index (χ4v) is 1.24. The average Bonchev–Trinajstić information content (AvgIpc) is 2.15. The number of benzene rings is 1. The van der Waals surface area contributed by atoms with Crippen molar-refractivity contribution < 1.29 is 9.90 Å². The van der Waals surface area contributed by atoms with Crippen molar-refractivity contribution in [2.45, 2.75) is 0 Å². The Labute approximate surface area is 91.5 Å². The van der Waals surface area contributed by atoms with Gasteiger partial charge in [0.15, 0.2) is 0 Å². The molecule has 72 valence electrons. The van der Waals surface area contributed by atoms with Crippen LogP contribution in [0.15, 0.2) is 18.2 Å². The second-order valence-corrected chi connectivity index (χ2v) is 3.08. The van der Waals surface area contributed by atoms with Gasteiger partial charge in [-0.1, -0.05) is 29.5 Å². The molecule has 0 atom stereocenters. The Morgan fingerprint density at radius 3 is 2.79 bits per heavy atom. The van der Waals surface area contributed by atoms with Crippen LogP contribution in [0, 0.1) is 11.8 Å². The summed E-state index contributed by atoms with van der Waals surface area (Å²) in [5.41, 5.74) is 0.400. The molecule has 1 N–H and O–H groups in total. The molecule has 0 radical (unpaired) electrons. The van der Waals surface area contributed by atoms with Gasteiger partial charge in [0, 0.05) is 0 Å². The number of rotatable bonds is 1. The lowest BCUT2D eigenvalue weighted by Crippen LogP contribution is -2.00. The molecule has 1 aromatic carbocycles. The molecule has 0 aliphatic rings. The van der Waals surface area contributed by atoms with E-state index in [1.807, 2.05) is 0 Å². The van der Waals surface area contributed by atoms with Gasteiger partial charge in [0.05, 0.1) is 22.0 Å². The van der Waals surface area contributed by atoms with Gasteiger partial charge in [0.25, 0.3) is 0 Å². The Balaban J connectivity index is 3.29. The van der Waals surface area contributed by atoms with E-state index >= 15 is 0 Å². The molecule has 0 saturated carbocycles. The minimum Gasteiger partial charge on any atom is -0.478 e. The van der Waals surface area contributed by atoms with Crippen LogP contribution in [-0.2, 0) is 0 Å². The maximum atomic E-state index is 10.8. The molecule has 0 spiro atoms. The summed E-state index contributed by atoms with van der Waals surface area (Å²) >= 11 is 11.2. The van der Waals surface area contributed by atoms with Crippen molar-refractivity contribution >= 4 is 29.2 Å². The summed E-state index contributed by atoms with van der Waals surface area (Å²) in [5.74, 6) is 4.28. The predicted octanol–water partition coefficient (Wildman–Crippen LogP) is 2.63. The van der Waals surface area contributed by atoms with Gasteiger partial charge in [0.1, 0.15) is 0 Å². The standard InChI is InChI=1S/C10H6Cl2O2/c11-6-2-4-7-8(10(13)14)3-1-5-9(7)12/h1,3,5H,6H2,(H,13,14). The summed E-state index contributed by atoms with van der Waals surface area (Å²) in [4.78, 5) is 10.8. The smallest absolute Gasteiger partial charge is 0.337 e. The van der Waals surface area contributed by atoms with Gasteiger partial charge in [-0.3, -0.25) is 0 Å². The predicted molar refractivity (Wildman–Crippen MR) is 56.0 cm³/mol. The van der Waals surface area contributed by atoms with Crippen molar-refractivity contribution in [1.82, 2.24) is 0 Å². The molecule has 14 heavy (non-hydrogen) atoms. The van der Waals surface area contributed by atoms with Gasteiger partial charge in [-0.15, -0.1) is 11.6 Å². The van der Waals surface area contributed by atoms with Gasteiger partial charge in [0.2, 0.25) is 0 Å². The van der Waals surface area contributed by atoms with E-state index in [1.54, 1.807) is 12.1 Å². The molecule has 0 saturated heterocycles. The number of hydrogen-bond donors (Lipinski definition) is 1. The first-order valence-electron chi connectivity index (χ1n) is 3.73. The maximum Gasteiger partial charge on any atom is 0.337 e. The fraction of sp³-hybridized carbons (Fsp3) is 0.100. The molecule has 0 bridgehead atoms. The van der Waals surface area contributed by atoms with Gasteiger partial charge in [-0.2, -0.15) is 0 Å². The number of hydrogen-bond acceptors (Lipinski definition) is 1. The van der Waals surface area contributed by atoms with Crippen molar-refractivity contribution in [1.29, 1.82) is 0 Å². The average molecular weight is 229 g/mol. The first kappa shape index (κ1) is 10.9. The largest absolute Gasteiger partial charge is 0.478 e. The number of aromatic carboxylic acids is 1. The van der Waals surface area contributed by atoms with E-state index in [2.05, 4.69) is 11.8 Å². The molecule has 0 aromatic heterocycles. The van der Waals surface area contributed by atoms with Crippen LogP contribution >= 0.6 is 23.2 Å². The zero-order chi connectivity index (χ0) is 10.6. The first-order chi connectivity index (χ1) is 6.66. The molecule has 4 heteroatoms. The van der Waals surface area contributed by atoms with Crippen LogP contribution in [0.2, 0.25) is 5.02 Å². The highest BCUT2D eigenvalue weighted by Crippen LogP contribution is 2.18. The topological polar surface area (TPSA) is 37.3 Å². The third-order valence-corrected chi connectivity index (χ3v) is 1.97. The molecule has 0 aliphatic carbocycles. The van der Waals surface area contributed by atoms with Gasteiger partial charge < -0.3 is 5.11 Å². The van der Waals surface area contributed by atoms with Crippen molar-refractivity contribution in [2.75, 3.05) is 5.88 Å². The SMILES string of the molecule is O=C(O)c1cccc(Cl)c1C#CCCl. The monoisotopic (exact) mass is 228 g/mol. The second-order valence-electron chi connectivity index (χ2n) is 2.40. The van der Waals surface area contributed by atoms with E-state index in [0.717, 1.165) is 0 Å². The van der Waals surface area contributed by atoms with Crippen LogP contribution in [0.4, 0.5) is 0 Å². The minimum absolute atomic E-state index is 0.0927. The van der Waals surface area contributed by atoms with Crippen molar-refractivity contribution in [3.63, 3.8) is 0 Å². The summed E-state index contributed by atoms with van der Waals surface area (Å²) in [7, 11) is 0. The summed E-state index contributed by atoms with van der Waals surface area (Å²) in [5, 5.41) is 9.15. The number of carboxylic acid groups (broad SMARTS) is 1. The third kappa shape index (κ3) is 2.41. The van der Waals surface area contributed by atoms with Crippen LogP contribution in [0.25, 0.3) is 0 Å². The highest BCUT2D eigenvalue weighted by molar-refractivity contribution is 6.32. The van der Waals surface area contributed by atoms with E-state index in [-0.39, 0.29) is 11.4 Å². The molecule has 0 amide bonds. The molecule has 0 fully saturated rings. The quantitative estimate of drug-likeness (QED) is 0.593. The Morgan fingerprint density at radius 2 is 2.21 bits per heavy atom. The maximum absolute atomic E-state index is 10.8. The molecule has 1 aromatic rings. The van der Waals surface area contributed by atoms with E-state index in [9.17, 15) is 4.79 Å². The van der Waals surface area contributed by atoms with Crippen molar-refractivity contribution in [3.05, 3.63) is 34.3 Å². The van der Waals surface area contributed by atoms with E-state index in [1.165, 1.54) is 6.07 Å². The molecule has 0 aliphatic heterocycles. The molecular weight excluding hydrogens is 223 g/mol. The molecule has 0 unspecified atom stereocenters. The second kappa shape index (κ2) is 4.90. The number of alkyl halides is 1. The highest BCUT2D eigenvalue weighted by atomic mass is 35.5. The van der Waals surface area contributed by atoms with Gasteiger partial charge in [-0.05, 0) is 12.1 Å². The van der Waals surface area contributed by atoms with Crippen LogP contribution in [0.5, 0.6) is 0 Å². The van der Waals surface area contributed by atoms with E-state index in [4.69, 9.17) is 28.3 Å². The van der Waals surface area contributed by atoms with Gasteiger partial charge in [-0.25, -0.2) is 4.79 Å². The van der Waals surface area contributed by atoms with Crippen molar-refractivity contribution in [3.8, 4) is 11.8 Å². The van der Waals surface area contributed by atoms with Crippen LogP contribution in [-0.4, -0.2) is 17.0 Å². The van der Waals surface area contributed by atoms with Crippen LogP contribution < -0.4 is 0 Å². The lowest BCUT2D eigenvalue weighted by Gasteiger charge is -2.00. The lowest BCUT2D eigenvalue weighted by atomic mass is 10.1. The Bertz CT molecular complexity index is 416. The first-order valence-corrected chi connectivity index (χ1v) is 4.64. The van der Waals surface area contributed by atoms with Gasteiger partial charge >= 0.3 is 5.97 Å². The zero-order valence-corrected chi connectivity index (χ0v) is 8.56. The normalized spacial score (nSPS) is 9.00. The molecule has 2 nitrogen and oxygen atoms in total.